The van der Waals surface area contributed by atoms with E-state index in [0.717, 1.165) is 0 Å². The summed E-state index contributed by atoms with van der Waals surface area (Å²) in [4.78, 5) is 17.7. The maximum absolute atomic E-state index is 14.2. The number of carbonyl (C=O) groups excluding carboxylic acids is 1. The molecule has 0 aliphatic carbocycles. The second-order valence-electron chi connectivity index (χ2n) is 7.73. The van der Waals surface area contributed by atoms with Crippen LogP contribution in [0.25, 0.3) is 11.3 Å². The number of benzene rings is 3. The topological polar surface area (TPSA) is 89.0 Å². The van der Waals surface area contributed by atoms with Crippen LogP contribution in [0.2, 0.25) is 0 Å². The number of carbonyl (C=O) groups is 1. The van der Waals surface area contributed by atoms with Crippen molar-refractivity contribution in [3.05, 3.63) is 89.5 Å². The molecule has 6 rings (SSSR count). The summed E-state index contributed by atoms with van der Waals surface area (Å²) in [6.45, 7) is 0. The Morgan fingerprint density at radius 2 is 1.79 bits per heavy atom. The maximum Gasteiger partial charge on any atom is 0.295 e. The third-order valence-electron chi connectivity index (χ3n) is 5.62. The highest BCUT2D eigenvalue weighted by Gasteiger charge is 2.52. The lowest BCUT2D eigenvalue weighted by molar-refractivity contribution is -0.128. The monoisotopic (exact) mass is 475 g/mol. The summed E-state index contributed by atoms with van der Waals surface area (Å²) in [7, 11) is 0. The Hall–Kier alpha value is -4.05. The molecule has 0 saturated heterocycles. The van der Waals surface area contributed by atoms with Crippen LogP contribution in [-0.4, -0.2) is 21.1 Å². The summed E-state index contributed by atoms with van der Waals surface area (Å²) in [6.07, 6.45) is 0. The van der Waals surface area contributed by atoms with Gasteiger partial charge in [-0.15, -0.1) is 10.2 Å². The number of para-hydroxylation sites is 1. The van der Waals surface area contributed by atoms with Crippen molar-refractivity contribution in [1.29, 1.82) is 0 Å². The lowest BCUT2D eigenvalue weighted by Gasteiger charge is -2.28. The Bertz CT molecular complexity index is 1470. The zero-order chi connectivity index (χ0) is 23.3. The van der Waals surface area contributed by atoms with Gasteiger partial charge in [0, 0.05) is 17.0 Å². The summed E-state index contributed by atoms with van der Waals surface area (Å²) in [5.41, 5.74) is 0.953. The zero-order valence-electron chi connectivity index (χ0n) is 17.4. The van der Waals surface area contributed by atoms with E-state index in [1.807, 2.05) is 6.07 Å². The number of halogens is 2. The number of ether oxygens (including phenoxy) is 1. The van der Waals surface area contributed by atoms with E-state index in [-0.39, 0.29) is 22.6 Å². The maximum atomic E-state index is 14.2. The Labute approximate surface area is 196 Å². The van der Waals surface area contributed by atoms with Crippen molar-refractivity contribution in [2.24, 2.45) is 0 Å². The van der Waals surface area contributed by atoms with Crippen LogP contribution < -0.4 is 15.4 Å². The summed E-state index contributed by atoms with van der Waals surface area (Å²) >= 11 is 1.18. The van der Waals surface area contributed by atoms with E-state index < -0.39 is 17.4 Å². The summed E-state index contributed by atoms with van der Waals surface area (Å²) in [5, 5.41) is 14.6. The molecule has 168 valence electrons. The minimum absolute atomic E-state index is 0.0516. The molecule has 2 aliphatic rings. The van der Waals surface area contributed by atoms with Crippen LogP contribution in [0.4, 0.5) is 20.2 Å². The van der Waals surface area contributed by atoms with Gasteiger partial charge in [-0.25, -0.2) is 8.78 Å². The molecule has 0 radical (unpaired) electrons. The predicted octanol–water partition coefficient (Wildman–Crippen LogP) is 4.72. The van der Waals surface area contributed by atoms with Crippen LogP contribution in [-0.2, 0) is 16.3 Å². The molecule has 1 aromatic heterocycles. The fourth-order valence-electron chi connectivity index (χ4n) is 3.99. The molecule has 0 unspecified atom stereocenters. The van der Waals surface area contributed by atoms with Crippen molar-refractivity contribution < 1.29 is 18.3 Å². The molecule has 0 saturated carbocycles. The first kappa shape index (κ1) is 20.5. The minimum atomic E-state index is -1.76. The number of rotatable bonds is 3. The Kier molecular flexibility index (Phi) is 4.70. The SMILES string of the molecule is O=C1Nc2ccc(F)cc2[C@]12Nc1ccccc1-c1nnc(SCc3ccccc3F)nc1O2. The molecule has 1 spiro atoms. The van der Waals surface area contributed by atoms with Crippen LogP contribution >= 0.6 is 11.8 Å². The van der Waals surface area contributed by atoms with Gasteiger partial charge in [0.25, 0.3) is 11.6 Å². The second kappa shape index (κ2) is 7.77. The highest BCUT2D eigenvalue weighted by molar-refractivity contribution is 7.98. The summed E-state index contributed by atoms with van der Waals surface area (Å²) < 4.78 is 34.4. The number of amides is 1. The minimum Gasteiger partial charge on any atom is -0.435 e. The molecule has 1 amide bonds. The standard InChI is InChI=1S/C24H15F2N5O2S/c25-14-9-10-19-16(11-14)24(22(32)27-19)29-18-8-4-2-6-15(18)20-21(33-24)28-23(31-30-20)34-12-13-5-1-3-7-17(13)26/h1-11,29H,12H2,(H,27,32)/t24-/m1/s1. The highest BCUT2D eigenvalue weighted by atomic mass is 32.2. The van der Waals surface area contributed by atoms with Gasteiger partial charge in [0.15, 0.2) is 5.69 Å². The van der Waals surface area contributed by atoms with Crippen molar-refractivity contribution in [1.82, 2.24) is 15.2 Å². The first-order valence-electron chi connectivity index (χ1n) is 10.3. The van der Waals surface area contributed by atoms with Gasteiger partial charge in [-0.3, -0.25) is 4.79 Å². The van der Waals surface area contributed by atoms with Crippen molar-refractivity contribution in [2.45, 2.75) is 16.6 Å². The molecule has 0 fully saturated rings. The number of hydrogen-bond acceptors (Lipinski definition) is 7. The molecular formula is C24H15F2N5O2S. The van der Waals surface area contributed by atoms with E-state index in [1.54, 1.807) is 36.4 Å². The zero-order valence-corrected chi connectivity index (χ0v) is 18.2. The predicted molar refractivity (Wildman–Crippen MR) is 122 cm³/mol. The normalized spacial score (nSPS) is 17.6. The lowest BCUT2D eigenvalue weighted by Crippen LogP contribution is -2.47. The smallest absolute Gasteiger partial charge is 0.295 e. The van der Waals surface area contributed by atoms with Crippen LogP contribution in [0.15, 0.2) is 71.9 Å². The average molecular weight is 475 g/mol. The van der Waals surface area contributed by atoms with Crippen molar-refractivity contribution in [3.63, 3.8) is 0 Å². The molecule has 3 heterocycles. The molecule has 2 aliphatic heterocycles. The molecule has 7 nitrogen and oxygen atoms in total. The first-order valence-corrected chi connectivity index (χ1v) is 11.3. The van der Waals surface area contributed by atoms with Gasteiger partial charge in [-0.1, -0.05) is 48.2 Å². The molecule has 10 heteroatoms. The van der Waals surface area contributed by atoms with Crippen LogP contribution in [0.1, 0.15) is 11.1 Å². The number of nitrogens with zero attached hydrogens (tertiary/aromatic N) is 3. The van der Waals surface area contributed by atoms with Gasteiger partial charge in [0.05, 0.1) is 11.3 Å². The molecule has 4 aromatic rings. The van der Waals surface area contributed by atoms with E-state index in [1.165, 1.54) is 36.0 Å². The van der Waals surface area contributed by atoms with Gasteiger partial charge < -0.3 is 15.4 Å². The van der Waals surface area contributed by atoms with Gasteiger partial charge >= 0.3 is 0 Å². The molecule has 3 aromatic carbocycles. The molecule has 2 N–H and O–H groups in total. The number of anilines is 2. The number of nitrogens with one attached hydrogen (secondary N) is 2. The second-order valence-corrected chi connectivity index (χ2v) is 8.67. The van der Waals surface area contributed by atoms with E-state index in [4.69, 9.17) is 4.74 Å². The highest BCUT2D eigenvalue weighted by Crippen LogP contribution is 2.46. The Morgan fingerprint density at radius 3 is 2.68 bits per heavy atom. The molecular weight excluding hydrogens is 460 g/mol. The summed E-state index contributed by atoms with van der Waals surface area (Å²) in [5.74, 6) is -1.03. The van der Waals surface area contributed by atoms with Crippen molar-refractivity contribution in [2.75, 3.05) is 10.6 Å². The molecule has 34 heavy (non-hydrogen) atoms. The Morgan fingerprint density at radius 1 is 0.971 bits per heavy atom. The molecule has 1 atom stereocenters. The Balaban J connectivity index is 1.45. The molecule has 0 bridgehead atoms. The fraction of sp³-hybridized carbons (Fsp3) is 0.0833. The van der Waals surface area contributed by atoms with E-state index in [0.29, 0.717) is 33.8 Å². The third-order valence-corrected chi connectivity index (χ3v) is 6.51. The largest absolute Gasteiger partial charge is 0.435 e. The fourth-order valence-corrected chi connectivity index (χ4v) is 4.76. The van der Waals surface area contributed by atoms with Gasteiger partial charge in [0.1, 0.15) is 11.6 Å². The average Bonchev–Trinajstić information content (AvgIpc) is 3.00. The third kappa shape index (κ3) is 3.26. The van der Waals surface area contributed by atoms with E-state index >= 15 is 0 Å². The number of fused-ring (bicyclic) bond motifs is 5. The number of aromatic nitrogens is 3. The van der Waals surface area contributed by atoms with Crippen LogP contribution in [0, 0.1) is 11.6 Å². The van der Waals surface area contributed by atoms with Gasteiger partial charge in [0.2, 0.25) is 11.0 Å². The number of hydrogen-bond donors (Lipinski definition) is 2. The lowest BCUT2D eigenvalue weighted by atomic mass is 10.0. The number of thioether (sulfide) groups is 1. The van der Waals surface area contributed by atoms with E-state index in [9.17, 15) is 13.6 Å². The van der Waals surface area contributed by atoms with Gasteiger partial charge in [-0.2, -0.15) is 4.98 Å². The van der Waals surface area contributed by atoms with Crippen LogP contribution in [0.3, 0.4) is 0 Å². The van der Waals surface area contributed by atoms with Crippen LogP contribution in [0.5, 0.6) is 5.88 Å². The van der Waals surface area contributed by atoms with E-state index in [2.05, 4.69) is 25.8 Å². The van der Waals surface area contributed by atoms with Crippen molar-refractivity contribution in [3.8, 4) is 17.1 Å². The van der Waals surface area contributed by atoms with Gasteiger partial charge in [-0.05, 0) is 35.9 Å². The first-order chi connectivity index (χ1) is 16.5. The quantitative estimate of drug-likeness (QED) is 0.415. The van der Waals surface area contributed by atoms with Crippen molar-refractivity contribution >= 4 is 29.0 Å². The summed E-state index contributed by atoms with van der Waals surface area (Å²) in [6, 6.07) is 17.6.